The first-order valence-corrected chi connectivity index (χ1v) is 4.76. The third-order valence-corrected chi connectivity index (χ3v) is 1.97. The highest BCUT2D eigenvalue weighted by Crippen LogP contribution is 2.12. The fraction of sp³-hybridized carbons (Fsp3) is 0.800. The average molecular weight is 201 g/mol. The summed E-state index contributed by atoms with van der Waals surface area (Å²) in [5, 5.41) is 11.3. The van der Waals surface area contributed by atoms with Gasteiger partial charge >= 0.3 is 5.97 Å². The fourth-order valence-electron chi connectivity index (χ4n) is 0.791. The summed E-state index contributed by atoms with van der Waals surface area (Å²) in [7, 11) is 0. The molecule has 0 aliphatic rings. The monoisotopic (exact) mass is 201 g/mol. The Morgan fingerprint density at radius 2 is 1.86 bits per heavy atom. The van der Waals surface area contributed by atoms with Crippen LogP contribution in [0.2, 0.25) is 0 Å². The molecular formula is C10H19NO3. The summed E-state index contributed by atoms with van der Waals surface area (Å²) in [6.07, 6.45) is 0.469. The molecule has 0 aliphatic carbocycles. The molecule has 0 aromatic rings. The maximum absolute atomic E-state index is 11.4. The van der Waals surface area contributed by atoms with Crippen LogP contribution in [0.15, 0.2) is 0 Å². The number of carbonyl (C=O) groups excluding carboxylic acids is 1. The Labute approximate surface area is 84.7 Å². The van der Waals surface area contributed by atoms with E-state index in [2.05, 4.69) is 5.32 Å². The van der Waals surface area contributed by atoms with Crippen LogP contribution in [-0.2, 0) is 9.59 Å². The second kappa shape index (κ2) is 4.98. The molecule has 0 spiro atoms. The molecule has 0 aromatic heterocycles. The summed E-state index contributed by atoms with van der Waals surface area (Å²) < 4.78 is 0. The van der Waals surface area contributed by atoms with Gasteiger partial charge < -0.3 is 10.4 Å². The maximum Gasteiger partial charge on any atom is 0.306 e. The number of amides is 1. The molecule has 0 saturated heterocycles. The zero-order valence-electron chi connectivity index (χ0n) is 9.26. The number of aliphatic carboxylic acids is 1. The lowest BCUT2D eigenvalue weighted by atomic mass is 9.95. The summed E-state index contributed by atoms with van der Waals surface area (Å²) in [6.45, 7) is 7.52. The van der Waals surface area contributed by atoms with Crippen LogP contribution < -0.4 is 5.32 Å². The third-order valence-electron chi connectivity index (χ3n) is 1.97. The second-order valence-electron chi connectivity index (χ2n) is 4.53. The van der Waals surface area contributed by atoms with Crippen LogP contribution in [0.1, 0.15) is 34.1 Å². The molecular weight excluding hydrogens is 182 g/mol. The minimum Gasteiger partial charge on any atom is -0.481 e. The lowest BCUT2D eigenvalue weighted by molar-refractivity contribution is -0.141. The van der Waals surface area contributed by atoms with Crippen LogP contribution in [0.3, 0.4) is 0 Å². The van der Waals surface area contributed by atoms with Crippen molar-refractivity contribution in [3.8, 4) is 0 Å². The van der Waals surface area contributed by atoms with Gasteiger partial charge in [-0.2, -0.15) is 0 Å². The lowest BCUT2D eigenvalue weighted by Gasteiger charge is -2.18. The Kier molecular flexibility index (Phi) is 4.60. The van der Waals surface area contributed by atoms with Crippen molar-refractivity contribution in [3.05, 3.63) is 0 Å². The molecule has 0 rings (SSSR count). The van der Waals surface area contributed by atoms with Gasteiger partial charge in [-0.3, -0.25) is 9.59 Å². The number of carbonyl (C=O) groups is 2. The SMILES string of the molecule is CC(CCNC(=O)C(C)(C)C)C(=O)O. The van der Waals surface area contributed by atoms with E-state index in [1.807, 2.05) is 20.8 Å². The Hall–Kier alpha value is -1.06. The van der Waals surface area contributed by atoms with E-state index in [0.717, 1.165) is 0 Å². The normalized spacial score (nSPS) is 13.4. The quantitative estimate of drug-likeness (QED) is 0.719. The number of hydrogen-bond acceptors (Lipinski definition) is 2. The molecule has 82 valence electrons. The largest absolute Gasteiger partial charge is 0.481 e. The van der Waals surface area contributed by atoms with Crippen molar-refractivity contribution >= 4 is 11.9 Å². The molecule has 1 amide bonds. The van der Waals surface area contributed by atoms with Gasteiger partial charge in [0.15, 0.2) is 0 Å². The topological polar surface area (TPSA) is 66.4 Å². The molecule has 1 atom stereocenters. The van der Waals surface area contributed by atoms with E-state index in [-0.39, 0.29) is 5.91 Å². The van der Waals surface area contributed by atoms with E-state index in [1.165, 1.54) is 0 Å². The maximum atomic E-state index is 11.4. The highest BCUT2D eigenvalue weighted by Gasteiger charge is 2.21. The minimum atomic E-state index is -0.824. The van der Waals surface area contributed by atoms with Gasteiger partial charge in [-0.05, 0) is 6.42 Å². The van der Waals surface area contributed by atoms with E-state index < -0.39 is 17.3 Å². The summed E-state index contributed by atoms with van der Waals surface area (Å²) in [5.41, 5.74) is -0.410. The van der Waals surface area contributed by atoms with E-state index >= 15 is 0 Å². The van der Waals surface area contributed by atoms with Crippen LogP contribution in [0.25, 0.3) is 0 Å². The number of hydrogen-bond donors (Lipinski definition) is 2. The molecule has 0 saturated carbocycles. The van der Waals surface area contributed by atoms with Crippen molar-refractivity contribution in [2.75, 3.05) is 6.54 Å². The molecule has 0 fully saturated rings. The van der Waals surface area contributed by atoms with Gasteiger partial charge in [0.1, 0.15) is 0 Å². The van der Waals surface area contributed by atoms with Gasteiger partial charge in [-0.25, -0.2) is 0 Å². The predicted octanol–water partition coefficient (Wildman–Crippen LogP) is 1.26. The first-order chi connectivity index (χ1) is 6.25. The Balaban J connectivity index is 3.76. The van der Waals surface area contributed by atoms with Crippen LogP contribution >= 0.6 is 0 Å². The van der Waals surface area contributed by atoms with Gasteiger partial charge in [0.25, 0.3) is 0 Å². The standard InChI is InChI=1S/C10H19NO3/c1-7(8(12)13)5-6-11-9(14)10(2,3)4/h7H,5-6H2,1-4H3,(H,11,14)(H,12,13). The van der Waals surface area contributed by atoms with Gasteiger partial charge in [0, 0.05) is 12.0 Å². The van der Waals surface area contributed by atoms with Crippen molar-refractivity contribution in [1.82, 2.24) is 5.32 Å². The summed E-state index contributed by atoms with van der Waals surface area (Å²) in [6, 6.07) is 0. The van der Waals surface area contributed by atoms with E-state index in [1.54, 1.807) is 6.92 Å². The van der Waals surface area contributed by atoms with E-state index in [4.69, 9.17) is 5.11 Å². The molecule has 2 N–H and O–H groups in total. The molecule has 0 aliphatic heterocycles. The third kappa shape index (κ3) is 4.84. The Morgan fingerprint density at radius 3 is 2.21 bits per heavy atom. The second-order valence-corrected chi connectivity index (χ2v) is 4.53. The Bertz CT molecular complexity index is 218. The fourth-order valence-corrected chi connectivity index (χ4v) is 0.791. The summed E-state index contributed by atoms with van der Waals surface area (Å²) in [4.78, 5) is 21.8. The summed E-state index contributed by atoms with van der Waals surface area (Å²) in [5.74, 6) is -1.28. The molecule has 4 heteroatoms. The average Bonchev–Trinajstić information content (AvgIpc) is 2.01. The van der Waals surface area contributed by atoms with Crippen molar-refractivity contribution in [2.45, 2.75) is 34.1 Å². The van der Waals surface area contributed by atoms with Gasteiger partial charge in [0.2, 0.25) is 5.91 Å². The van der Waals surface area contributed by atoms with E-state index in [9.17, 15) is 9.59 Å². The first kappa shape index (κ1) is 12.9. The van der Waals surface area contributed by atoms with Crippen LogP contribution in [0.4, 0.5) is 0 Å². The zero-order chi connectivity index (χ0) is 11.4. The minimum absolute atomic E-state index is 0.0462. The first-order valence-electron chi connectivity index (χ1n) is 4.76. The Morgan fingerprint density at radius 1 is 1.36 bits per heavy atom. The van der Waals surface area contributed by atoms with Crippen molar-refractivity contribution < 1.29 is 14.7 Å². The van der Waals surface area contributed by atoms with Crippen molar-refractivity contribution in [1.29, 1.82) is 0 Å². The highest BCUT2D eigenvalue weighted by molar-refractivity contribution is 5.81. The van der Waals surface area contributed by atoms with Crippen molar-refractivity contribution in [3.63, 3.8) is 0 Å². The molecule has 0 bridgehead atoms. The number of carboxylic acid groups (broad SMARTS) is 1. The van der Waals surface area contributed by atoms with Gasteiger partial charge in [-0.15, -0.1) is 0 Å². The van der Waals surface area contributed by atoms with E-state index in [0.29, 0.717) is 13.0 Å². The van der Waals surface area contributed by atoms with Crippen molar-refractivity contribution in [2.24, 2.45) is 11.3 Å². The highest BCUT2D eigenvalue weighted by atomic mass is 16.4. The predicted molar refractivity (Wildman–Crippen MR) is 53.9 cm³/mol. The lowest BCUT2D eigenvalue weighted by Crippen LogP contribution is -2.36. The van der Waals surface area contributed by atoms with Crippen LogP contribution in [-0.4, -0.2) is 23.5 Å². The molecule has 0 heterocycles. The zero-order valence-corrected chi connectivity index (χ0v) is 9.26. The number of nitrogens with one attached hydrogen (secondary N) is 1. The van der Waals surface area contributed by atoms with Gasteiger partial charge in [-0.1, -0.05) is 27.7 Å². The van der Waals surface area contributed by atoms with Gasteiger partial charge in [0.05, 0.1) is 5.92 Å². The molecule has 0 aromatic carbocycles. The molecule has 0 radical (unpaired) electrons. The number of rotatable bonds is 4. The van der Waals surface area contributed by atoms with Crippen LogP contribution in [0.5, 0.6) is 0 Å². The molecule has 4 nitrogen and oxygen atoms in total. The molecule has 14 heavy (non-hydrogen) atoms. The summed E-state index contributed by atoms with van der Waals surface area (Å²) >= 11 is 0. The molecule has 1 unspecified atom stereocenters. The smallest absolute Gasteiger partial charge is 0.306 e. The van der Waals surface area contributed by atoms with Crippen LogP contribution in [0, 0.1) is 11.3 Å². The number of carboxylic acids is 1.